The number of carbonyl (C=O) groups excluding carboxylic acids is 1. The lowest BCUT2D eigenvalue weighted by molar-refractivity contribution is -0.385. The molecule has 0 aliphatic rings. The van der Waals surface area contributed by atoms with Gasteiger partial charge in [0.2, 0.25) is 0 Å². The first kappa shape index (κ1) is 15.4. The summed E-state index contributed by atoms with van der Waals surface area (Å²) in [5.41, 5.74) is -4.44. The lowest BCUT2D eigenvalue weighted by Crippen LogP contribution is -2.18. The first-order valence-corrected chi connectivity index (χ1v) is 5.19. The number of carbonyl (C=O) groups is 1. The Hall–Kier alpha value is -2.63. The van der Waals surface area contributed by atoms with Crippen molar-refractivity contribution in [3.05, 3.63) is 38.9 Å². The van der Waals surface area contributed by atoms with Crippen molar-refractivity contribution in [2.24, 2.45) is 0 Å². The third-order valence-corrected chi connectivity index (χ3v) is 2.28. The third kappa shape index (κ3) is 2.85. The number of nitrogens with zero attached hydrogens (tertiary/aromatic N) is 2. The lowest BCUT2D eigenvalue weighted by Gasteiger charge is -2.13. The standard InChI is InChI=1S/C11H7F3N2O4/c1-2-20-10(17)9-6(5-15)8(16(18)19)4-3-7(9)11(12,13)14/h3-4H,2H2,1H3. The molecule has 106 valence electrons. The fourth-order valence-corrected chi connectivity index (χ4v) is 1.51. The first-order valence-electron chi connectivity index (χ1n) is 5.19. The second-order valence-electron chi connectivity index (χ2n) is 3.47. The zero-order valence-electron chi connectivity index (χ0n) is 10.0. The van der Waals surface area contributed by atoms with Crippen LogP contribution < -0.4 is 0 Å². The Morgan fingerprint density at radius 1 is 1.50 bits per heavy atom. The summed E-state index contributed by atoms with van der Waals surface area (Å²) in [5, 5.41) is 19.5. The van der Waals surface area contributed by atoms with Gasteiger partial charge in [-0.05, 0) is 13.0 Å². The summed E-state index contributed by atoms with van der Waals surface area (Å²) in [6.45, 7) is 1.12. The Morgan fingerprint density at radius 3 is 2.50 bits per heavy atom. The maximum atomic E-state index is 12.8. The maximum Gasteiger partial charge on any atom is 0.417 e. The molecule has 0 unspecified atom stereocenters. The Morgan fingerprint density at radius 2 is 2.10 bits per heavy atom. The van der Waals surface area contributed by atoms with Crippen molar-refractivity contribution in [3.8, 4) is 6.07 Å². The molecule has 0 heterocycles. The topological polar surface area (TPSA) is 93.2 Å². The van der Waals surface area contributed by atoms with Crippen LogP contribution >= 0.6 is 0 Å². The lowest BCUT2D eigenvalue weighted by atomic mass is 9.99. The number of nitro groups is 1. The fraction of sp³-hybridized carbons (Fsp3) is 0.273. The Kier molecular flexibility index (Phi) is 4.29. The molecule has 0 amide bonds. The number of esters is 1. The van der Waals surface area contributed by atoms with Crippen LogP contribution in [0.4, 0.5) is 18.9 Å². The van der Waals surface area contributed by atoms with Crippen LogP contribution in [0.1, 0.15) is 28.4 Å². The smallest absolute Gasteiger partial charge is 0.417 e. The van der Waals surface area contributed by atoms with Gasteiger partial charge in [0.15, 0.2) is 0 Å². The number of nitriles is 1. The normalized spacial score (nSPS) is 10.8. The second kappa shape index (κ2) is 5.56. The van der Waals surface area contributed by atoms with Crippen LogP contribution in [-0.4, -0.2) is 17.5 Å². The van der Waals surface area contributed by atoms with Crippen molar-refractivity contribution in [3.63, 3.8) is 0 Å². The summed E-state index contributed by atoms with van der Waals surface area (Å²) in [6, 6.07) is 2.17. The van der Waals surface area contributed by atoms with E-state index in [-0.39, 0.29) is 6.61 Å². The van der Waals surface area contributed by atoms with Gasteiger partial charge in [0.05, 0.1) is 22.7 Å². The highest BCUT2D eigenvalue weighted by Gasteiger charge is 2.39. The minimum absolute atomic E-state index is 0.232. The Labute approximate surface area is 110 Å². The molecule has 0 aromatic heterocycles. The molecule has 0 fully saturated rings. The molecule has 0 spiro atoms. The summed E-state index contributed by atoms with van der Waals surface area (Å²) in [5.74, 6) is -1.43. The number of ether oxygens (including phenoxy) is 1. The van der Waals surface area contributed by atoms with E-state index >= 15 is 0 Å². The van der Waals surface area contributed by atoms with Gasteiger partial charge in [-0.25, -0.2) is 4.79 Å². The van der Waals surface area contributed by atoms with Crippen molar-refractivity contribution in [2.45, 2.75) is 13.1 Å². The van der Waals surface area contributed by atoms with Gasteiger partial charge in [0.25, 0.3) is 5.69 Å². The van der Waals surface area contributed by atoms with E-state index in [2.05, 4.69) is 4.74 Å². The SMILES string of the molecule is CCOC(=O)c1c(C(F)(F)F)ccc([N+](=O)[O-])c1C#N. The molecule has 20 heavy (non-hydrogen) atoms. The van der Waals surface area contributed by atoms with Crippen molar-refractivity contribution in [1.82, 2.24) is 0 Å². The van der Waals surface area contributed by atoms with Crippen LogP contribution in [0.2, 0.25) is 0 Å². The minimum Gasteiger partial charge on any atom is -0.462 e. The van der Waals surface area contributed by atoms with E-state index in [1.165, 1.54) is 13.0 Å². The number of benzene rings is 1. The first-order chi connectivity index (χ1) is 9.23. The van der Waals surface area contributed by atoms with Crippen LogP contribution in [0.15, 0.2) is 12.1 Å². The zero-order chi connectivity index (χ0) is 15.5. The number of rotatable bonds is 3. The van der Waals surface area contributed by atoms with E-state index in [0.717, 1.165) is 0 Å². The van der Waals surface area contributed by atoms with Gasteiger partial charge in [0.1, 0.15) is 11.6 Å². The number of hydrogen-bond acceptors (Lipinski definition) is 5. The van der Waals surface area contributed by atoms with Crippen LogP contribution in [-0.2, 0) is 10.9 Å². The Bertz CT molecular complexity index is 605. The molecule has 0 saturated carbocycles. The number of alkyl halides is 3. The number of halogens is 3. The summed E-state index contributed by atoms with van der Waals surface area (Å²) >= 11 is 0. The van der Waals surface area contributed by atoms with Gasteiger partial charge in [-0.15, -0.1) is 0 Å². The molecule has 1 aromatic carbocycles. The monoisotopic (exact) mass is 288 g/mol. The largest absolute Gasteiger partial charge is 0.462 e. The third-order valence-electron chi connectivity index (χ3n) is 2.28. The van der Waals surface area contributed by atoms with E-state index in [9.17, 15) is 28.1 Å². The Balaban J connectivity index is 3.70. The molecule has 0 N–H and O–H groups in total. The number of nitro benzene ring substituents is 1. The highest BCUT2D eigenvalue weighted by molar-refractivity contribution is 5.95. The predicted molar refractivity (Wildman–Crippen MR) is 58.8 cm³/mol. The predicted octanol–water partition coefficient (Wildman–Crippen LogP) is 2.66. The van der Waals surface area contributed by atoms with E-state index < -0.39 is 39.4 Å². The molecule has 6 nitrogen and oxygen atoms in total. The molecule has 1 rings (SSSR count). The van der Waals surface area contributed by atoms with Gasteiger partial charge in [-0.3, -0.25) is 10.1 Å². The van der Waals surface area contributed by atoms with E-state index in [4.69, 9.17) is 5.26 Å². The summed E-state index contributed by atoms with van der Waals surface area (Å²) in [7, 11) is 0. The van der Waals surface area contributed by atoms with Crippen molar-refractivity contribution in [2.75, 3.05) is 6.61 Å². The molecular weight excluding hydrogens is 281 g/mol. The van der Waals surface area contributed by atoms with E-state index in [0.29, 0.717) is 12.1 Å². The summed E-state index contributed by atoms with van der Waals surface area (Å²) < 4.78 is 42.9. The molecule has 1 aromatic rings. The van der Waals surface area contributed by atoms with Crippen LogP contribution in [0.3, 0.4) is 0 Å². The molecular formula is C11H7F3N2O4. The molecule has 9 heteroatoms. The summed E-state index contributed by atoms with van der Waals surface area (Å²) in [6.07, 6.45) is -4.94. The number of hydrogen-bond donors (Lipinski definition) is 0. The fourth-order valence-electron chi connectivity index (χ4n) is 1.51. The average molecular weight is 288 g/mol. The molecule has 0 bridgehead atoms. The van der Waals surface area contributed by atoms with Crippen molar-refractivity contribution >= 4 is 11.7 Å². The maximum absolute atomic E-state index is 12.8. The molecule has 0 saturated heterocycles. The highest BCUT2D eigenvalue weighted by Crippen LogP contribution is 2.36. The van der Waals surface area contributed by atoms with Gasteiger partial charge in [-0.2, -0.15) is 18.4 Å². The van der Waals surface area contributed by atoms with Crippen molar-refractivity contribution < 1.29 is 27.6 Å². The highest BCUT2D eigenvalue weighted by atomic mass is 19.4. The zero-order valence-corrected chi connectivity index (χ0v) is 10.0. The van der Waals surface area contributed by atoms with Gasteiger partial charge < -0.3 is 4.74 Å². The summed E-state index contributed by atoms with van der Waals surface area (Å²) in [4.78, 5) is 21.2. The second-order valence-corrected chi connectivity index (χ2v) is 3.47. The quantitative estimate of drug-likeness (QED) is 0.484. The van der Waals surface area contributed by atoms with Gasteiger partial charge in [0, 0.05) is 6.07 Å². The van der Waals surface area contributed by atoms with E-state index in [1.54, 1.807) is 0 Å². The molecule has 0 atom stereocenters. The van der Waals surface area contributed by atoms with Crippen molar-refractivity contribution in [1.29, 1.82) is 5.26 Å². The molecule has 0 aliphatic heterocycles. The average Bonchev–Trinajstić information content (AvgIpc) is 2.35. The van der Waals surface area contributed by atoms with Gasteiger partial charge >= 0.3 is 12.1 Å². The van der Waals surface area contributed by atoms with E-state index in [1.807, 2.05) is 0 Å². The molecule has 0 aliphatic carbocycles. The van der Waals surface area contributed by atoms with Crippen LogP contribution in [0.25, 0.3) is 0 Å². The molecule has 0 radical (unpaired) electrons. The van der Waals surface area contributed by atoms with Crippen LogP contribution in [0.5, 0.6) is 0 Å². The van der Waals surface area contributed by atoms with Gasteiger partial charge in [-0.1, -0.05) is 0 Å². The minimum atomic E-state index is -4.94. The van der Waals surface area contributed by atoms with Crippen LogP contribution in [0, 0.1) is 21.4 Å².